The highest BCUT2D eigenvalue weighted by Gasteiger charge is 2.28. The molecule has 0 spiro atoms. The Morgan fingerprint density at radius 3 is 2.50 bits per heavy atom. The second-order valence-electron chi connectivity index (χ2n) is 6.22. The molecule has 11 heteroatoms. The van der Waals surface area contributed by atoms with Crippen molar-refractivity contribution in [1.82, 2.24) is 25.3 Å². The molecule has 0 radical (unpaired) electrons. The third-order valence-corrected chi connectivity index (χ3v) is 4.54. The zero-order valence-corrected chi connectivity index (χ0v) is 14.4. The number of aromatic nitrogens is 4. The number of tetrazole rings is 1. The summed E-state index contributed by atoms with van der Waals surface area (Å²) in [6.45, 7) is 6.62. The van der Waals surface area contributed by atoms with Crippen molar-refractivity contribution in [1.29, 1.82) is 0 Å². The van der Waals surface area contributed by atoms with E-state index < -0.39 is 27.2 Å². The predicted octanol–water partition coefficient (Wildman–Crippen LogP) is 0.543. The number of sulfonamides is 1. The van der Waals surface area contributed by atoms with Gasteiger partial charge in [0.2, 0.25) is 16.0 Å². The van der Waals surface area contributed by atoms with Gasteiger partial charge in [0, 0.05) is 5.54 Å². The monoisotopic (exact) mass is 354 g/mol. The normalized spacial score (nSPS) is 12.2. The molecule has 130 valence electrons. The number of phenols is 1. The second kappa shape index (κ2) is 6.17. The number of carbonyl (C=O) groups excluding carboxylic acids is 1. The van der Waals surface area contributed by atoms with Crippen LogP contribution in [0.5, 0.6) is 5.75 Å². The van der Waals surface area contributed by atoms with Crippen molar-refractivity contribution in [3.05, 3.63) is 23.3 Å². The van der Waals surface area contributed by atoms with Gasteiger partial charge in [-0.3, -0.25) is 10.1 Å². The van der Waals surface area contributed by atoms with Crippen molar-refractivity contribution in [2.45, 2.75) is 38.1 Å². The van der Waals surface area contributed by atoms with Crippen LogP contribution in [0.25, 0.3) is 0 Å². The molecular weight excluding hydrogens is 336 g/mol. The van der Waals surface area contributed by atoms with Crippen LogP contribution in [0.2, 0.25) is 0 Å². The van der Waals surface area contributed by atoms with E-state index in [1.807, 2.05) is 0 Å². The van der Waals surface area contributed by atoms with Gasteiger partial charge in [-0.1, -0.05) is 5.10 Å². The molecule has 0 atom stereocenters. The molecular formula is C13H18N6O4S. The number of H-pyrrole nitrogens is 1. The molecule has 24 heavy (non-hydrogen) atoms. The summed E-state index contributed by atoms with van der Waals surface area (Å²) >= 11 is 0. The molecule has 0 saturated carbocycles. The lowest BCUT2D eigenvalue weighted by Gasteiger charge is -2.21. The number of aryl methyl sites for hydroxylation is 1. The minimum absolute atomic E-state index is 0.0295. The average Bonchev–Trinajstić information content (AvgIpc) is 2.90. The highest BCUT2D eigenvalue weighted by molar-refractivity contribution is 7.89. The van der Waals surface area contributed by atoms with E-state index in [1.54, 1.807) is 27.7 Å². The third kappa shape index (κ3) is 4.06. The number of phenolic OH excluding ortho intramolecular Hbond substituents is 1. The van der Waals surface area contributed by atoms with Gasteiger partial charge in [0.1, 0.15) is 10.6 Å². The molecule has 0 unspecified atom stereocenters. The predicted molar refractivity (Wildman–Crippen MR) is 85.0 cm³/mol. The molecule has 0 aliphatic heterocycles. The maximum Gasteiger partial charge on any atom is 0.261 e. The molecule has 4 N–H and O–H groups in total. The minimum atomic E-state index is -4.02. The minimum Gasteiger partial charge on any atom is -0.506 e. The smallest absolute Gasteiger partial charge is 0.261 e. The summed E-state index contributed by atoms with van der Waals surface area (Å²) in [5.74, 6) is -1.43. The Balaban J connectivity index is 2.45. The highest BCUT2D eigenvalue weighted by Crippen LogP contribution is 2.29. The number of aromatic amines is 1. The number of anilines is 1. The summed E-state index contributed by atoms with van der Waals surface area (Å²) < 4.78 is 27.4. The molecule has 0 aliphatic rings. The molecule has 2 aromatic rings. The number of hydrogen-bond acceptors (Lipinski definition) is 7. The Bertz CT molecular complexity index is 855. The Morgan fingerprint density at radius 2 is 1.96 bits per heavy atom. The molecule has 2 rings (SSSR count). The van der Waals surface area contributed by atoms with Crippen molar-refractivity contribution >= 4 is 21.9 Å². The fourth-order valence-corrected chi connectivity index (χ4v) is 3.59. The molecule has 0 aliphatic carbocycles. The largest absolute Gasteiger partial charge is 0.506 e. The summed E-state index contributed by atoms with van der Waals surface area (Å²) in [4.78, 5) is 11.9. The van der Waals surface area contributed by atoms with Crippen LogP contribution in [-0.2, 0) is 10.0 Å². The number of carbonyl (C=O) groups is 1. The second-order valence-corrected chi connectivity index (χ2v) is 7.87. The first-order valence-corrected chi connectivity index (χ1v) is 8.40. The Labute approximate surface area is 138 Å². The maximum absolute atomic E-state index is 12.5. The summed E-state index contributed by atoms with van der Waals surface area (Å²) in [5, 5.41) is 25.1. The van der Waals surface area contributed by atoms with Gasteiger partial charge in [-0.15, -0.1) is 0 Å². The van der Waals surface area contributed by atoms with Gasteiger partial charge in [0.25, 0.3) is 5.91 Å². The van der Waals surface area contributed by atoms with Gasteiger partial charge < -0.3 is 5.11 Å². The molecule has 1 heterocycles. The van der Waals surface area contributed by atoms with Crippen molar-refractivity contribution in [2.24, 2.45) is 0 Å². The lowest BCUT2D eigenvalue weighted by molar-refractivity contribution is 0.102. The zero-order chi connectivity index (χ0) is 18.1. The molecule has 0 fully saturated rings. The third-order valence-electron chi connectivity index (χ3n) is 2.77. The number of nitrogens with one attached hydrogen (secondary N) is 3. The Hall–Kier alpha value is -2.53. The van der Waals surface area contributed by atoms with E-state index in [0.29, 0.717) is 5.56 Å². The van der Waals surface area contributed by atoms with Crippen molar-refractivity contribution < 1.29 is 18.3 Å². The van der Waals surface area contributed by atoms with Crippen LogP contribution in [0, 0.1) is 6.92 Å². The number of aromatic hydroxyl groups is 1. The lowest BCUT2D eigenvalue weighted by Crippen LogP contribution is -2.40. The average molecular weight is 354 g/mol. The summed E-state index contributed by atoms with van der Waals surface area (Å²) in [6.07, 6.45) is 0. The van der Waals surface area contributed by atoms with E-state index >= 15 is 0 Å². The fourth-order valence-electron chi connectivity index (χ4n) is 1.97. The Morgan fingerprint density at radius 1 is 1.29 bits per heavy atom. The topological polar surface area (TPSA) is 150 Å². The lowest BCUT2D eigenvalue weighted by atomic mass is 10.1. The highest BCUT2D eigenvalue weighted by atomic mass is 32.2. The van der Waals surface area contributed by atoms with E-state index in [1.165, 1.54) is 12.1 Å². The number of rotatable bonds is 4. The van der Waals surface area contributed by atoms with Crippen LogP contribution in [-0.4, -0.2) is 45.6 Å². The quantitative estimate of drug-likeness (QED) is 0.626. The van der Waals surface area contributed by atoms with Gasteiger partial charge in [-0.05, 0) is 55.8 Å². The summed E-state index contributed by atoms with van der Waals surface area (Å²) in [6, 6.07) is 2.65. The first-order valence-electron chi connectivity index (χ1n) is 6.92. The number of amides is 1. The number of benzene rings is 1. The van der Waals surface area contributed by atoms with Gasteiger partial charge in [-0.25, -0.2) is 18.2 Å². The molecule has 0 saturated heterocycles. The van der Waals surface area contributed by atoms with E-state index in [-0.39, 0.29) is 16.4 Å². The first kappa shape index (κ1) is 17.8. The standard InChI is InChI=1S/C13H18N6O4S/c1-7-5-8(11(21)14-12-15-18-19-16-12)10(20)9(6-7)24(22,23)17-13(2,3)4/h5-6,17,20H,1-4H3,(H2,14,15,16,18,19,21). The summed E-state index contributed by atoms with van der Waals surface area (Å²) in [7, 11) is -4.02. The molecule has 0 bridgehead atoms. The van der Waals surface area contributed by atoms with Gasteiger partial charge in [0.15, 0.2) is 0 Å². The van der Waals surface area contributed by atoms with Crippen molar-refractivity contribution in [2.75, 3.05) is 5.32 Å². The first-order chi connectivity index (χ1) is 11.0. The van der Waals surface area contributed by atoms with Crippen LogP contribution in [0.3, 0.4) is 0 Å². The van der Waals surface area contributed by atoms with Crippen LogP contribution in [0.4, 0.5) is 5.95 Å². The summed E-state index contributed by atoms with van der Waals surface area (Å²) in [5.41, 5.74) is -0.466. The number of hydrogen-bond donors (Lipinski definition) is 4. The number of nitrogens with zero attached hydrogens (tertiary/aromatic N) is 3. The molecule has 1 aromatic carbocycles. The molecule has 10 nitrogen and oxygen atoms in total. The van der Waals surface area contributed by atoms with E-state index in [4.69, 9.17) is 0 Å². The van der Waals surface area contributed by atoms with Gasteiger partial charge >= 0.3 is 0 Å². The van der Waals surface area contributed by atoms with E-state index in [0.717, 1.165) is 0 Å². The van der Waals surface area contributed by atoms with Crippen LogP contribution < -0.4 is 10.0 Å². The van der Waals surface area contributed by atoms with Gasteiger partial charge in [-0.2, -0.15) is 0 Å². The van der Waals surface area contributed by atoms with Crippen LogP contribution in [0.15, 0.2) is 17.0 Å². The SMILES string of the molecule is Cc1cc(C(=O)Nc2nnn[nH]2)c(O)c(S(=O)(=O)NC(C)(C)C)c1. The van der Waals surface area contributed by atoms with Crippen molar-refractivity contribution in [3.8, 4) is 5.75 Å². The fraction of sp³-hybridized carbons (Fsp3) is 0.385. The Kier molecular flexibility index (Phi) is 4.58. The van der Waals surface area contributed by atoms with Crippen molar-refractivity contribution in [3.63, 3.8) is 0 Å². The zero-order valence-electron chi connectivity index (χ0n) is 13.6. The van der Waals surface area contributed by atoms with Crippen LogP contribution in [0.1, 0.15) is 36.7 Å². The van der Waals surface area contributed by atoms with Gasteiger partial charge in [0.05, 0.1) is 5.56 Å². The maximum atomic E-state index is 12.5. The molecule has 1 aromatic heterocycles. The van der Waals surface area contributed by atoms with E-state index in [9.17, 15) is 18.3 Å². The van der Waals surface area contributed by atoms with E-state index in [2.05, 4.69) is 30.7 Å². The van der Waals surface area contributed by atoms with Crippen LogP contribution >= 0.6 is 0 Å². The molecule has 1 amide bonds.